The highest BCUT2D eigenvalue weighted by atomic mass is 16.6. The van der Waals surface area contributed by atoms with Crippen LogP contribution >= 0.6 is 0 Å². The van der Waals surface area contributed by atoms with E-state index in [1.165, 1.54) is 11.8 Å². The van der Waals surface area contributed by atoms with Crippen molar-refractivity contribution in [1.29, 1.82) is 0 Å². The Kier molecular flexibility index (Phi) is 3.90. The molecule has 0 spiro atoms. The van der Waals surface area contributed by atoms with Gasteiger partial charge in [0.25, 0.3) is 0 Å². The van der Waals surface area contributed by atoms with Gasteiger partial charge in [0.2, 0.25) is 5.91 Å². The summed E-state index contributed by atoms with van der Waals surface area (Å²) in [6.07, 6.45) is -0.442. The molecular weight excluding hydrogens is 236 g/mol. The molecule has 2 N–H and O–H groups in total. The maximum atomic E-state index is 11.7. The van der Waals surface area contributed by atoms with Gasteiger partial charge in [0, 0.05) is 6.92 Å². The standard InChI is InChI=1S/C12H22N2O4/c1-8(13-9(2)15)12(17)6-14(7-12)10(16)18-11(3,4)5/h8,17H,6-7H2,1-5H3,(H,13,15). The number of hydrogen-bond acceptors (Lipinski definition) is 4. The van der Waals surface area contributed by atoms with Crippen LogP contribution < -0.4 is 5.32 Å². The average molecular weight is 258 g/mol. The van der Waals surface area contributed by atoms with Crippen molar-refractivity contribution in [3.8, 4) is 0 Å². The number of carbonyl (C=O) groups excluding carboxylic acids is 2. The van der Waals surface area contributed by atoms with Gasteiger partial charge >= 0.3 is 6.09 Å². The van der Waals surface area contributed by atoms with Crippen molar-refractivity contribution in [3.63, 3.8) is 0 Å². The maximum absolute atomic E-state index is 11.7. The Bertz CT molecular complexity index is 342. The van der Waals surface area contributed by atoms with Crippen LogP contribution in [0.2, 0.25) is 0 Å². The molecule has 1 saturated heterocycles. The van der Waals surface area contributed by atoms with E-state index in [1.54, 1.807) is 27.7 Å². The highest BCUT2D eigenvalue weighted by Crippen LogP contribution is 2.26. The lowest BCUT2D eigenvalue weighted by atomic mass is 9.87. The number of likely N-dealkylation sites (tertiary alicyclic amines) is 1. The minimum absolute atomic E-state index is 0.170. The van der Waals surface area contributed by atoms with Crippen LogP contribution in [0, 0.1) is 0 Å². The van der Waals surface area contributed by atoms with Crippen LogP contribution in [0.5, 0.6) is 0 Å². The second-order valence-electron chi connectivity index (χ2n) is 5.86. The fourth-order valence-electron chi connectivity index (χ4n) is 1.78. The zero-order chi connectivity index (χ0) is 14.1. The van der Waals surface area contributed by atoms with Crippen LogP contribution in [0.4, 0.5) is 4.79 Å². The Morgan fingerprint density at radius 3 is 2.28 bits per heavy atom. The molecule has 0 radical (unpaired) electrons. The number of hydrogen-bond donors (Lipinski definition) is 2. The lowest BCUT2D eigenvalue weighted by Gasteiger charge is -2.49. The van der Waals surface area contributed by atoms with Crippen LogP contribution in [0.3, 0.4) is 0 Å². The van der Waals surface area contributed by atoms with Crippen molar-refractivity contribution in [3.05, 3.63) is 0 Å². The van der Waals surface area contributed by atoms with Gasteiger partial charge in [0.15, 0.2) is 0 Å². The molecule has 1 atom stereocenters. The third kappa shape index (κ3) is 3.60. The molecule has 0 aromatic rings. The number of β-amino-alcohol motifs (C(OH)–C–C–N with tert-alkyl or cyclic N) is 1. The predicted molar refractivity (Wildman–Crippen MR) is 66.0 cm³/mol. The monoisotopic (exact) mass is 258 g/mol. The number of nitrogens with one attached hydrogen (secondary N) is 1. The van der Waals surface area contributed by atoms with E-state index in [2.05, 4.69) is 5.32 Å². The summed E-state index contributed by atoms with van der Waals surface area (Å²) in [5.41, 5.74) is -1.61. The number of nitrogens with zero attached hydrogens (tertiary/aromatic N) is 1. The van der Waals surface area contributed by atoms with E-state index in [0.29, 0.717) is 0 Å². The van der Waals surface area contributed by atoms with E-state index in [-0.39, 0.29) is 19.0 Å². The molecule has 6 nitrogen and oxygen atoms in total. The van der Waals surface area contributed by atoms with Crippen molar-refractivity contribution < 1.29 is 19.4 Å². The molecule has 104 valence electrons. The summed E-state index contributed by atoms with van der Waals surface area (Å²) in [6, 6.07) is -0.395. The predicted octanol–water partition coefficient (Wildman–Crippen LogP) is 0.493. The lowest BCUT2D eigenvalue weighted by molar-refractivity contribution is -0.132. The highest BCUT2D eigenvalue weighted by Gasteiger charge is 2.49. The molecular formula is C12H22N2O4. The SMILES string of the molecule is CC(=O)NC(C)C1(O)CN(C(=O)OC(C)(C)C)C1. The first-order valence-corrected chi connectivity index (χ1v) is 6.01. The Balaban J connectivity index is 2.47. The Morgan fingerprint density at radius 2 is 1.89 bits per heavy atom. The fraction of sp³-hybridized carbons (Fsp3) is 0.833. The first-order valence-electron chi connectivity index (χ1n) is 6.01. The molecule has 0 saturated carbocycles. The first kappa shape index (κ1) is 14.8. The van der Waals surface area contributed by atoms with E-state index in [9.17, 15) is 14.7 Å². The van der Waals surface area contributed by atoms with Crippen molar-refractivity contribution >= 4 is 12.0 Å². The number of rotatable bonds is 2. The molecule has 1 unspecified atom stereocenters. The van der Waals surface area contributed by atoms with Gasteiger partial charge in [-0.3, -0.25) is 4.79 Å². The first-order chi connectivity index (χ1) is 8.03. The van der Waals surface area contributed by atoms with E-state index in [4.69, 9.17) is 4.74 Å². The molecule has 1 rings (SSSR count). The molecule has 18 heavy (non-hydrogen) atoms. The Labute approximate surface area is 107 Å². The van der Waals surface area contributed by atoms with Crippen LogP contribution in [0.1, 0.15) is 34.6 Å². The van der Waals surface area contributed by atoms with Gasteiger partial charge in [0.1, 0.15) is 11.2 Å². The summed E-state index contributed by atoms with van der Waals surface area (Å²) in [5.74, 6) is -0.202. The second-order valence-corrected chi connectivity index (χ2v) is 5.86. The number of ether oxygens (including phenoxy) is 1. The highest BCUT2D eigenvalue weighted by molar-refractivity contribution is 5.73. The van der Waals surface area contributed by atoms with Crippen molar-refractivity contribution in [1.82, 2.24) is 10.2 Å². The van der Waals surface area contributed by atoms with Gasteiger partial charge in [-0.15, -0.1) is 0 Å². The van der Waals surface area contributed by atoms with Gasteiger partial charge < -0.3 is 20.1 Å². The Hall–Kier alpha value is -1.30. The Morgan fingerprint density at radius 1 is 1.39 bits per heavy atom. The molecule has 0 bridgehead atoms. The summed E-state index contributed by atoms with van der Waals surface area (Å²) in [5, 5.41) is 12.8. The van der Waals surface area contributed by atoms with E-state index >= 15 is 0 Å². The summed E-state index contributed by atoms with van der Waals surface area (Å²) >= 11 is 0. The third-order valence-electron chi connectivity index (χ3n) is 2.81. The second kappa shape index (κ2) is 4.76. The zero-order valence-corrected chi connectivity index (χ0v) is 11.6. The van der Waals surface area contributed by atoms with Crippen molar-refractivity contribution in [2.75, 3.05) is 13.1 Å². The molecule has 1 heterocycles. The van der Waals surface area contributed by atoms with E-state index in [1.807, 2.05) is 0 Å². The molecule has 6 heteroatoms. The summed E-state index contributed by atoms with van der Waals surface area (Å²) in [6.45, 7) is 8.81. The molecule has 0 aliphatic carbocycles. The van der Waals surface area contributed by atoms with Crippen molar-refractivity contribution in [2.45, 2.75) is 51.9 Å². The summed E-state index contributed by atoms with van der Waals surface area (Å²) in [7, 11) is 0. The van der Waals surface area contributed by atoms with Crippen LogP contribution in [0.25, 0.3) is 0 Å². The normalized spacial score (nSPS) is 19.8. The van der Waals surface area contributed by atoms with Gasteiger partial charge in [-0.05, 0) is 27.7 Å². The smallest absolute Gasteiger partial charge is 0.410 e. The largest absolute Gasteiger partial charge is 0.444 e. The maximum Gasteiger partial charge on any atom is 0.410 e. The van der Waals surface area contributed by atoms with Gasteiger partial charge in [-0.2, -0.15) is 0 Å². The molecule has 1 fully saturated rings. The topological polar surface area (TPSA) is 78.9 Å². The van der Waals surface area contributed by atoms with Crippen LogP contribution in [-0.2, 0) is 9.53 Å². The number of aliphatic hydroxyl groups is 1. The number of carbonyl (C=O) groups is 2. The fourth-order valence-corrected chi connectivity index (χ4v) is 1.78. The molecule has 0 aromatic carbocycles. The molecule has 2 amide bonds. The zero-order valence-electron chi connectivity index (χ0n) is 11.6. The van der Waals surface area contributed by atoms with E-state index < -0.39 is 23.3 Å². The molecule has 1 aliphatic heterocycles. The molecule has 0 aromatic heterocycles. The van der Waals surface area contributed by atoms with Gasteiger partial charge in [0.05, 0.1) is 19.1 Å². The summed E-state index contributed by atoms with van der Waals surface area (Å²) in [4.78, 5) is 24.0. The third-order valence-corrected chi connectivity index (χ3v) is 2.81. The lowest BCUT2D eigenvalue weighted by Crippen LogP contribution is -2.71. The quantitative estimate of drug-likeness (QED) is 0.755. The van der Waals surface area contributed by atoms with Gasteiger partial charge in [-0.1, -0.05) is 0 Å². The minimum atomic E-state index is -1.07. The number of amides is 2. The average Bonchev–Trinajstić information content (AvgIpc) is 2.08. The van der Waals surface area contributed by atoms with Crippen LogP contribution in [-0.4, -0.2) is 52.3 Å². The minimum Gasteiger partial charge on any atom is -0.444 e. The van der Waals surface area contributed by atoms with E-state index in [0.717, 1.165) is 0 Å². The van der Waals surface area contributed by atoms with Crippen molar-refractivity contribution in [2.24, 2.45) is 0 Å². The summed E-state index contributed by atoms with van der Waals surface area (Å²) < 4.78 is 5.18. The van der Waals surface area contributed by atoms with Gasteiger partial charge in [-0.25, -0.2) is 4.79 Å². The molecule has 1 aliphatic rings. The van der Waals surface area contributed by atoms with Crippen LogP contribution in [0.15, 0.2) is 0 Å².